The highest BCUT2D eigenvalue weighted by atomic mass is 32.1. The molecule has 2 rings (SSSR count). The van der Waals surface area contributed by atoms with Gasteiger partial charge in [-0.1, -0.05) is 44.1 Å². The first-order valence-corrected chi connectivity index (χ1v) is 8.12. The van der Waals surface area contributed by atoms with Crippen LogP contribution in [0.15, 0.2) is 18.2 Å². The van der Waals surface area contributed by atoms with E-state index in [4.69, 9.17) is 18.0 Å². The molecular formula is C17H26N2S. The standard InChI is InChI=1S/C17H26N2S/c1-3-4-14-7-9-19(10-8-14)12-16-6-5-15(17(18)20)11-13(16)2/h5-6,11,14H,3-4,7-10,12H2,1-2H3,(H2,18,20). The molecule has 0 atom stereocenters. The lowest BCUT2D eigenvalue weighted by atomic mass is 9.92. The van der Waals surface area contributed by atoms with Crippen LogP contribution < -0.4 is 5.73 Å². The predicted molar refractivity (Wildman–Crippen MR) is 90.0 cm³/mol. The van der Waals surface area contributed by atoms with E-state index in [1.54, 1.807) is 0 Å². The quantitative estimate of drug-likeness (QED) is 0.840. The zero-order chi connectivity index (χ0) is 14.5. The maximum atomic E-state index is 5.68. The summed E-state index contributed by atoms with van der Waals surface area (Å²) in [5.41, 5.74) is 9.36. The number of aryl methyl sites for hydroxylation is 1. The van der Waals surface area contributed by atoms with E-state index in [9.17, 15) is 0 Å². The SMILES string of the molecule is CCCC1CCN(Cc2ccc(C(N)=S)cc2C)CC1. The Morgan fingerprint density at radius 1 is 1.35 bits per heavy atom. The van der Waals surface area contributed by atoms with Crippen LogP contribution in [0.3, 0.4) is 0 Å². The molecule has 2 nitrogen and oxygen atoms in total. The van der Waals surface area contributed by atoms with Crippen LogP contribution in [0.1, 0.15) is 49.3 Å². The Bertz CT molecular complexity index is 462. The van der Waals surface area contributed by atoms with Crippen LogP contribution in [-0.4, -0.2) is 23.0 Å². The molecule has 0 saturated carbocycles. The third-order valence-electron chi connectivity index (χ3n) is 4.43. The third kappa shape index (κ3) is 4.03. The summed E-state index contributed by atoms with van der Waals surface area (Å²) in [6, 6.07) is 6.35. The molecule has 0 radical (unpaired) electrons. The number of hydrogen-bond acceptors (Lipinski definition) is 2. The summed E-state index contributed by atoms with van der Waals surface area (Å²) < 4.78 is 0. The number of rotatable bonds is 5. The number of hydrogen-bond donors (Lipinski definition) is 1. The van der Waals surface area contributed by atoms with E-state index in [0.29, 0.717) is 4.99 Å². The van der Waals surface area contributed by atoms with Gasteiger partial charge in [0, 0.05) is 12.1 Å². The second-order valence-electron chi connectivity index (χ2n) is 6.01. The second kappa shape index (κ2) is 7.19. The van der Waals surface area contributed by atoms with Gasteiger partial charge >= 0.3 is 0 Å². The molecule has 3 heteroatoms. The van der Waals surface area contributed by atoms with E-state index < -0.39 is 0 Å². The Hall–Kier alpha value is -0.930. The van der Waals surface area contributed by atoms with Crippen LogP contribution in [0.2, 0.25) is 0 Å². The monoisotopic (exact) mass is 290 g/mol. The highest BCUT2D eigenvalue weighted by molar-refractivity contribution is 7.80. The van der Waals surface area contributed by atoms with E-state index in [-0.39, 0.29) is 0 Å². The van der Waals surface area contributed by atoms with Crippen LogP contribution >= 0.6 is 12.2 Å². The topological polar surface area (TPSA) is 29.3 Å². The van der Waals surface area contributed by atoms with E-state index in [1.807, 2.05) is 0 Å². The van der Waals surface area contributed by atoms with Crippen molar-refractivity contribution < 1.29 is 0 Å². The second-order valence-corrected chi connectivity index (χ2v) is 6.45. The fourth-order valence-electron chi connectivity index (χ4n) is 3.11. The van der Waals surface area contributed by atoms with Crippen LogP contribution in [0.4, 0.5) is 0 Å². The number of thiocarbonyl (C=S) groups is 1. The fourth-order valence-corrected chi connectivity index (χ4v) is 3.24. The van der Waals surface area contributed by atoms with Gasteiger partial charge < -0.3 is 5.73 Å². The Kier molecular flexibility index (Phi) is 5.55. The summed E-state index contributed by atoms with van der Waals surface area (Å²) in [7, 11) is 0. The first kappa shape index (κ1) is 15.5. The highest BCUT2D eigenvalue weighted by Gasteiger charge is 2.18. The fraction of sp³-hybridized carbons (Fsp3) is 0.588. The van der Waals surface area contributed by atoms with E-state index in [1.165, 1.54) is 49.9 Å². The summed E-state index contributed by atoms with van der Waals surface area (Å²) in [6.07, 6.45) is 5.44. The molecule has 0 amide bonds. The van der Waals surface area contributed by atoms with Gasteiger partial charge in [0.25, 0.3) is 0 Å². The number of nitrogens with two attached hydrogens (primary N) is 1. The number of piperidine rings is 1. The van der Waals surface area contributed by atoms with Gasteiger partial charge in [-0.05, 0) is 56.0 Å². The van der Waals surface area contributed by atoms with Crippen molar-refractivity contribution in [3.63, 3.8) is 0 Å². The maximum Gasteiger partial charge on any atom is 0.103 e. The van der Waals surface area contributed by atoms with Gasteiger partial charge in [-0.3, -0.25) is 4.90 Å². The van der Waals surface area contributed by atoms with Crippen molar-refractivity contribution in [3.05, 3.63) is 34.9 Å². The molecule has 1 aromatic carbocycles. The van der Waals surface area contributed by atoms with Crippen molar-refractivity contribution in [1.82, 2.24) is 4.90 Å². The molecule has 1 aliphatic rings. The molecular weight excluding hydrogens is 264 g/mol. The molecule has 1 saturated heterocycles. The zero-order valence-electron chi connectivity index (χ0n) is 12.7. The first-order chi connectivity index (χ1) is 9.60. The Labute approximate surface area is 128 Å². The number of likely N-dealkylation sites (tertiary alicyclic amines) is 1. The molecule has 1 aromatic rings. The van der Waals surface area contributed by atoms with Crippen LogP contribution in [0.25, 0.3) is 0 Å². The van der Waals surface area contributed by atoms with Crippen molar-refractivity contribution in [3.8, 4) is 0 Å². The van der Waals surface area contributed by atoms with Gasteiger partial charge in [0.15, 0.2) is 0 Å². The summed E-state index contributed by atoms with van der Waals surface area (Å²) in [5, 5.41) is 0. The average molecular weight is 290 g/mol. The van der Waals surface area contributed by atoms with Crippen LogP contribution in [-0.2, 0) is 6.54 Å². The van der Waals surface area contributed by atoms with Crippen molar-refractivity contribution >= 4 is 17.2 Å². The predicted octanol–water partition coefficient (Wildman–Crippen LogP) is 3.64. The molecule has 0 unspecified atom stereocenters. The van der Waals surface area contributed by atoms with Gasteiger partial charge in [0.1, 0.15) is 4.99 Å². The molecule has 20 heavy (non-hydrogen) atoms. The van der Waals surface area contributed by atoms with E-state index >= 15 is 0 Å². The molecule has 110 valence electrons. The van der Waals surface area contributed by atoms with Gasteiger partial charge in [0.05, 0.1) is 0 Å². The molecule has 0 spiro atoms. The molecule has 0 aliphatic carbocycles. The largest absolute Gasteiger partial charge is 0.389 e. The maximum absolute atomic E-state index is 5.68. The van der Waals surface area contributed by atoms with Crippen LogP contribution in [0, 0.1) is 12.8 Å². The van der Waals surface area contributed by atoms with Gasteiger partial charge in [-0.2, -0.15) is 0 Å². The van der Waals surface area contributed by atoms with Crippen LogP contribution in [0.5, 0.6) is 0 Å². The summed E-state index contributed by atoms with van der Waals surface area (Å²) >= 11 is 5.03. The summed E-state index contributed by atoms with van der Waals surface area (Å²) in [5.74, 6) is 0.953. The normalized spacial score (nSPS) is 17.3. The molecule has 2 N–H and O–H groups in total. The Morgan fingerprint density at radius 2 is 2.05 bits per heavy atom. The van der Waals surface area contributed by atoms with Crippen molar-refractivity contribution in [2.24, 2.45) is 11.7 Å². The minimum Gasteiger partial charge on any atom is -0.389 e. The van der Waals surface area contributed by atoms with Crippen molar-refractivity contribution in [2.75, 3.05) is 13.1 Å². The zero-order valence-corrected chi connectivity index (χ0v) is 13.5. The lowest BCUT2D eigenvalue weighted by Gasteiger charge is -2.32. The molecule has 0 bridgehead atoms. The van der Waals surface area contributed by atoms with E-state index in [2.05, 4.69) is 36.9 Å². The first-order valence-electron chi connectivity index (χ1n) is 7.71. The van der Waals surface area contributed by atoms with Gasteiger partial charge in [-0.25, -0.2) is 0 Å². The smallest absolute Gasteiger partial charge is 0.103 e. The van der Waals surface area contributed by atoms with Gasteiger partial charge in [-0.15, -0.1) is 0 Å². The van der Waals surface area contributed by atoms with Crippen molar-refractivity contribution in [1.29, 1.82) is 0 Å². The third-order valence-corrected chi connectivity index (χ3v) is 4.66. The lowest BCUT2D eigenvalue weighted by molar-refractivity contribution is 0.171. The van der Waals surface area contributed by atoms with Crippen molar-refractivity contribution in [2.45, 2.75) is 46.1 Å². The van der Waals surface area contributed by atoms with Gasteiger partial charge in [0.2, 0.25) is 0 Å². The lowest BCUT2D eigenvalue weighted by Crippen LogP contribution is -2.33. The minimum atomic E-state index is 0.486. The average Bonchev–Trinajstić information content (AvgIpc) is 2.43. The number of nitrogens with zero attached hydrogens (tertiary/aromatic N) is 1. The molecule has 1 aliphatic heterocycles. The number of benzene rings is 1. The molecule has 1 heterocycles. The highest BCUT2D eigenvalue weighted by Crippen LogP contribution is 2.23. The Morgan fingerprint density at radius 3 is 2.60 bits per heavy atom. The molecule has 1 fully saturated rings. The Balaban J connectivity index is 1.93. The summed E-state index contributed by atoms with van der Waals surface area (Å²) in [4.78, 5) is 3.06. The summed E-state index contributed by atoms with van der Waals surface area (Å²) in [6.45, 7) is 7.98. The van der Waals surface area contributed by atoms with E-state index in [0.717, 1.165) is 18.0 Å². The molecule has 0 aromatic heterocycles. The minimum absolute atomic E-state index is 0.486.